The summed E-state index contributed by atoms with van der Waals surface area (Å²) in [5.41, 5.74) is 5.32. The second-order valence-corrected chi connectivity index (χ2v) is 5.58. The molecule has 2 rings (SSSR count). The van der Waals surface area contributed by atoms with Crippen molar-refractivity contribution in [3.8, 4) is 0 Å². The second kappa shape index (κ2) is 5.36. The fourth-order valence-electron chi connectivity index (χ4n) is 2.52. The van der Waals surface area contributed by atoms with E-state index in [4.69, 9.17) is 5.73 Å². The molecule has 0 unspecified atom stereocenters. The van der Waals surface area contributed by atoms with E-state index in [1.165, 1.54) is 32.5 Å². The zero-order valence-electron chi connectivity index (χ0n) is 10.9. The highest BCUT2D eigenvalue weighted by Gasteiger charge is 2.45. The van der Waals surface area contributed by atoms with Crippen molar-refractivity contribution < 1.29 is 4.79 Å². The molecule has 1 saturated carbocycles. The topological polar surface area (TPSA) is 58.4 Å². The van der Waals surface area contributed by atoms with Crippen molar-refractivity contribution in [3.05, 3.63) is 0 Å². The Morgan fingerprint density at radius 2 is 2.06 bits per heavy atom. The van der Waals surface area contributed by atoms with Crippen LogP contribution in [0.4, 0.5) is 0 Å². The summed E-state index contributed by atoms with van der Waals surface area (Å²) in [4.78, 5) is 14.1. The molecule has 0 aromatic heterocycles. The summed E-state index contributed by atoms with van der Waals surface area (Å²) < 4.78 is 0. The van der Waals surface area contributed by atoms with Crippen LogP contribution in [0.25, 0.3) is 0 Å². The van der Waals surface area contributed by atoms with Gasteiger partial charge < -0.3 is 16.0 Å². The molecule has 0 aromatic rings. The molecule has 2 fully saturated rings. The number of amides is 1. The summed E-state index contributed by atoms with van der Waals surface area (Å²) in [5.74, 6) is 0.842. The van der Waals surface area contributed by atoms with Crippen molar-refractivity contribution in [1.82, 2.24) is 10.2 Å². The van der Waals surface area contributed by atoms with Gasteiger partial charge in [0.2, 0.25) is 5.91 Å². The molecule has 1 aliphatic carbocycles. The van der Waals surface area contributed by atoms with Gasteiger partial charge in [-0.05, 0) is 57.7 Å². The fourth-order valence-corrected chi connectivity index (χ4v) is 2.52. The Kier molecular flexibility index (Phi) is 4.05. The van der Waals surface area contributed by atoms with E-state index in [-0.39, 0.29) is 5.91 Å². The van der Waals surface area contributed by atoms with Crippen LogP contribution in [0, 0.1) is 5.92 Å². The number of piperidine rings is 1. The van der Waals surface area contributed by atoms with Gasteiger partial charge in [0.1, 0.15) is 0 Å². The van der Waals surface area contributed by atoms with Crippen LogP contribution in [-0.4, -0.2) is 42.5 Å². The molecule has 3 N–H and O–H groups in total. The monoisotopic (exact) mass is 239 g/mol. The van der Waals surface area contributed by atoms with Gasteiger partial charge in [-0.15, -0.1) is 0 Å². The standard InChI is InChI=1S/C13H25N3O/c1-2-16-9-4-11(5-10-16)3-8-15-12(17)13(14)6-7-13/h11H,2-10,14H2,1H3,(H,15,17). The third kappa shape index (κ3) is 3.42. The molecule has 1 saturated heterocycles. The Morgan fingerprint density at radius 1 is 1.41 bits per heavy atom. The Hall–Kier alpha value is -0.610. The van der Waals surface area contributed by atoms with E-state index in [2.05, 4.69) is 17.1 Å². The smallest absolute Gasteiger partial charge is 0.240 e. The number of nitrogens with zero attached hydrogens (tertiary/aromatic N) is 1. The summed E-state index contributed by atoms with van der Waals surface area (Å²) in [6.45, 7) is 6.62. The second-order valence-electron chi connectivity index (χ2n) is 5.58. The van der Waals surface area contributed by atoms with E-state index < -0.39 is 5.54 Å². The number of nitrogens with two attached hydrogens (primary N) is 1. The highest BCUT2D eigenvalue weighted by Crippen LogP contribution is 2.32. The average Bonchev–Trinajstić information content (AvgIpc) is 3.09. The Labute approximate surface area is 104 Å². The Morgan fingerprint density at radius 3 is 2.59 bits per heavy atom. The number of hydrogen-bond donors (Lipinski definition) is 2. The lowest BCUT2D eigenvalue weighted by Gasteiger charge is -2.31. The maximum absolute atomic E-state index is 11.6. The zero-order valence-corrected chi connectivity index (χ0v) is 10.9. The molecular formula is C13H25N3O. The minimum atomic E-state index is -0.508. The minimum Gasteiger partial charge on any atom is -0.354 e. The van der Waals surface area contributed by atoms with Crippen molar-refractivity contribution in [1.29, 1.82) is 0 Å². The molecule has 0 spiro atoms. The molecule has 98 valence electrons. The van der Waals surface area contributed by atoms with Gasteiger partial charge in [0.25, 0.3) is 0 Å². The predicted octanol–water partition coefficient (Wildman–Crippen LogP) is 0.716. The van der Waals surface area contributed by atoms with Gasteiger partial charge in [0.15, 0.2) is 0 Å². The maximum Gasteiger partial charge on any atom is 0.240 e. The predicted molar refractivity (Wildman–Crippen MR) is 68.6 cm³/mol. The van der Waals surface area contributed by atoms with Crippen molar-refractivity contribution >= 4 is 5.91 Å². The van der Waals surface area contributed by atoms with E-state index in [9.17, 15) is 4.79 Å². The van der Waals surface area contributed by atoms with Crippen LogP contribution < -0.4 is 11.1 Å². The summed E-state index contributed by atoms with van der Waals surface area (Å²) in [7, 11) is 0. The summed E-state index contributed by atoms with van der Waals surface area (Å²) in [6.07, 6.45) is 5.37. The van der Waals surface area contributed by atoms with E-state index in [0.717, 1.165) is 31.7 Å². The number of carbonyl (C=O) groups is 1. The van der Waals surface area contributed by atoms with Crippen LogP contribution in [0.1, 0.15) is 39.0 Å². The molecule has 0 radical (unpaired) electrons. The van der Waals surface area contributed by atoms with Crippen LogP contribution in [0.2, 0.25) is 0 Å². The van der Waals surface area contributed by atoms with Crippen molar-refractivity contribution in [2.75, 3.05) is 26.2 Å². The fraction of sp³-hybridized carbons (Fsp3) is 0.923. The lowest BCUT2D eigenvalue weighted by molar-refractivity contribution is -0.123. The van der Waals surface area contributed by atoms with Crippen molar-refractivity contribution in [2.45, 2.75) is 44.6 Å². The van der Waals surface area contributed by atoms with E-state index in [1.54, 1.807) is 0 Å². The first-order valence-corrected chi connectivity index (χ1v) is 6.93. The van der Waals surface area contributed by atoms with Crippen LogP contribution in [0.15, 0.2) is 0 Å². The van der Waals surface area contributed by atoms with E-state index in [1.807, 2.05) is 0 Å². The third-order valence-corrected chi connectivity index (χ3v) is 4.23. The van der Waals surface area contributed by atoms with Gasteiger partial charge >= 0.3 is 0 Å². The van der Waals surface area contributed by atoms with Crippen molar-refractivity contribution in [2.24, 2.45) is 11.7 Å². The van der Waals surface area contributed by atoms with E-state index >= 15 is 0 Å². The normalized spacial score (nSPS) is 24.6. The Bertz CT molecular complexity index is 268. The third-order valence-electron chi connectivity index (χ3n) is 4.23. The first-order chi connectivity index (χ1) is 8.14. The maximum atomic E-state index is 11.6. The lowest BCUT2D eigenvalue weighted by Crippen LogP contribution is -2.43. The highest BCUT2D eigenvalue weighted by atomic mass is 16.2. The zero-order chi connectivity index (χ0) is 12.3. The average molecular weight is 239 g/mol. The molecule has 17 heavy (non-hydrogen) atoms. The summed E-state index contributed by atoms with van der Waals surface area (Å²) >= 11 is 0. The number of nitrogens with one attached hydrogen (secondary N) is 1. The minimum absolute atomic E-state index is 0.0588. The first-order valence-electron chi connectivity index (χ1n) is 6.93. The molecule has 0 aromatic carbocycles. The van der Waals surface area contributed by atoms with Gasteiger partial charge in [0, 0.05) is 6.54 Å². The molecule has 0 atom stereocenters. The summed E-state index contributed by atoms with van der Waals surface area (Å²) in [5, 5.41) is 2.98. The van der Waals surface area contributed by atoms with Crippen LogP contribution in [-0.2, 0) is 4.79 Å². The van der Waals surface area contributed by atoms with Crippen molar-refractivity contribution in [3.63, 3.8) is 0 Å². The highest BCUT2D eigenvalue weighted by molar-refractivity contribution is 5.88. The SMILES string of the molecule is CCN1CCC(CCNC(=O)C2(N)CC2)CC1. The molecule has 4 heteroatoms. The molecular weight excluding hydrogens is 214 g/mol. The lowest BCUT2D eigenvalue weighted by atomic mass is 9.93. The van der Waals surface area contributed by atoms with Crippen LogP contribution in [0.3, 0.4) is 0 Å². The van der Waals surface area contributed by atoms with Crippen LogP contribution >= 0.6 is 0 Å². The molecule has 2 aliphatic rings. The number of rotatable bonds is 5. The molecule has 1 aliphatic heterocycles. The number of likely N-dealkylation sites (tertiary alicyclic amines) is 1. The largest absolute Gasteiger partial charge is 0.354 e. The van der Waals surface area contributed by atoms with Gasteiger partial charge in [-0.3, -0.25) is 4.79 Å². The van der Waals surface area contributed by atoms with Crippen LogP contribution in [0.5, 0.6) is 0 Å². The van der Waals surface area contributed by atoms with Gasteiger partial charge in [-0.25, -0.2) is 0 Å². The van der Waals surface area contributed by atoms with Gasteiger partial charge in [-0.2, -0.15) is 0 Å². The molecule has 1 heterocycles. The Balaban J connectivity index is 1.58. The summed E-state index contributed by atoms with van der Waals surface area (Å²) in [6, 6.07) is 0. The van der Waals surface area contributed by atoms with Gasteiger partial charge in [0.05, 0.1) is 5.54 Å². The molecule has 1 amide bonds. The van der Waals surface area contributed by atoms with Gasteiger partial charge in [-0.1, -0.05) is 6.92 Å². The first kappa shape index (κ1) is 12.8. The quantitative estimate of drug-likeness (QED) is 0.743. The molecule has 4 nitrogen and oxygen atoms in total. The number of hydrogen-bond acceptors (Lipinski definition) is 3. The number of carbonyl (C=O) groups excluding carboxylic acids is 1. The van der Waals surface area contributed by atoms with E-state index in [0.29, 0.717) is 0 Å². The molecule has 0 bridgehead atoms.